The summed E-state index contributed by atoms with van der Waals surface area (Å²) in [6, 6.07) is 12.9. The number of aromatic amines is 1. The van der Waals surface area contributed by atoms with Crippen molar-refractivity contribution in [2.24, 2.45) is 0 Å². The third kappa shape index (κ3) is 6.21. The lowest BCUT2D eigenvalue weighted by atomic mass is 9.88. The molecule has 0 radical (unpaired) electrons. The molecule has 0 spiro atoms. The standard InChI is InChI=1S/C30H41N3O4/c1-20-24-18-22(8-10-25(24)31-28(20)23-9-11-26(35-6)27(19-23)36-7)21-12-14-33(15-13-21)17-16-32(5)29(34)37-30(2,3)4/h8-11,18-19,21,31H,12-17H2,1-7H3. The van der Waals surface area contributed by atoms with Gasteiger partial charge in [-0.15, -0.1) is 0 Å². The molecule has 0 aliphatic carbocycles. The summed E-state index contributed by atoms with van der Waals surface area (Å²) in [4.78, 5) is 20.0. The van der Waals surface area contributed by atoms with Gasteiger partial charge in [0.05, 0.1) is 14.2 Å². The molecule has 0 atom stereocenters. The smallest absolute Gasteiger partial charge is 0.410 e. The van der Waals surface area contributed by atoms with E-state index in [1.54, 1.807) is 19.1 Å². The number of rotatable bonds is 7. The third-order valence-corrected chi connectivity index (χ3v) is 7.27. The number of ether oxygens (including phenoxy) is 3. The first-order chi connectivity index (χ1) is 17.6. The number of piperidine rings is 1. The minimum Gasteiger partial charge on any atom is -0.493 e. The predicted molar refractivity (Wildman–Crippen MR) is 149 cm³/mol. The Morgan fingerprint density at radius 2 is 1.76 bits per heavy atom. The van der Waals surface area contributed by atoms with Crippen LogP contribution in [0.5, 0.6) is 11.5 Å². The molecule has 4 rings (SSSR count). The van der Waals surface area contributed by atoms with Gasteiger partial charge in [-0.2, -0.15) is 0 Å². The molecular weight excluding hydrogens is 466 g/mol. The first-order valence-corrected chi connectivity index (χ1v) is 13.1. The number of nitrogens with one attached hydrogen (secondary N) is 1. The summed E-state index contributed by atoms with van der Waals surface area (Å²) in [7, 11) is 5.13. The van der Waals surface area contributed by atoms with Crippen LogP contribution >= 0.6 is 0 Å². The van der Waals surface area contributed by atoms with Crippen LogP contribution < -0.4 is 9.47 Å². The van der Waals surface area contributed by atoms with Crippen molar-refractivity contribution in [2.45, 2.75) is 52.1 Å². The van der Waals surface area contributed by atoms with E-state index < -0.39 is 5.60 Å². The summed E-state index contributed by atoms with van der Waals surface area (Å²) in [5.74, 6) is 2.00. The van der Waals surface area contributed by atoms with Gasteiger partial charge in [0.2, 0.25) is 0 Å². The molecule has 1 aromatic heterocycles. The highest BCUT2D eigenvalue weighted by molar-refractivity contribution is 5.91. The highest BCUT2D eigenvalue weighted by Gasteiger charge is 2.24. The van der Waals surface area contributed by atoms with Crippen molar-refractivity contribution < 1.29 is 19.0 Å². The molecule has 0 saturated carbocycles. The van der Waals surface area contributed by atoms with Crippen LogP contribution in [0.3, 0.4) is 0 Å². The number of likely N-dealkylation sites (tertiary alicyclic amines) is 1. The SMILES string of the molecule is COc1ccc(-c2[nH]c3ccc(C4CCN(CCN(C)C(=O)OC(C)(C)C)CC4)cc3c2C)cc1OC. The fourth-order valence-corrected chi connectivity index (χ4v) is 5.09. The number of hydrogen-bond donors (Lipinski definition) is 1. The number of carbonyl (C=O) groups excluding carboxylic acids is 1. The fourth-order valence-electron chi connectivity index (χ4n) is 5.09. The molecule has 7 heteroatoms. The summed E-state index contributed by atoms with van der Waals surface area (Å²) in [6.45, 7) is 11.5. The molecule has 0 unspecified atom stereocenters. The van der Waals surface area contributed by atoms with Crippen LogP contribution in [0.4, 0.5) is 4.79 Å². The van der Waals surface area contributed by atoms with Crippen LogP contribution in [-0.2, 0) is 4.74 Å². The molecule has 1 aliphatic rings. The monoisotopic (exact) mass is 507 g/mol. The number of aromatic nitrogens is 1. The molecule has 1 fully saturated rings. The lowest BCUT2D eigenvalue weighted by Gasteiger charge is -2.33. The van der Waals surface area contributed by atoms with E-state index in [4.69, 9.17) is 14.2 Å². The number of benzene rings is 2. The van der Waals surface area contributed by atoms with Gasteiger partial charge in [-0.3, -0.25) is 0 Å². The Kier molecular flexibility index (Phi) is 8.02. The number of H-pyrrole nitrogens is 1. The lowest BCUT2D eigenvalue weighted by molar-refractivity contribution is 0.0278. The van der Waals surface area contributed by atoms with Crippen LogP contribution in [0, 0.1) is 6.92 Å². The molecule has 0 bridgehead atoms. The normalized spacial score (nSPS) is 15.1. The van der Waals surface area contributed by atoms with Crippen molar-refractivity contribution in [2.75, 3.05) is 47.4 Å². The number of fused-ring (bicyclic) bond motifs is 1. The molecule has 1 aliphatic heterocycles. The Hall–Kier alpha value is -3.19. The maximum Gasteiger partial charge on any atom is 0.410 e. The first-order valence-electron chi connectivity index (χ1n) is 13.1. The Morgan fingerprint density at radius 1 is 1.05 bits per heavy atom. The quantitative estimate of drug-likeness (QED) is 0.412. The van der Waals surface area contributed by atoms with Crippen LogP contribution in [0.1, 0.15) is 50.7 Å². The van der Waals surface area contributed by atoms with Gasteiger partial charge in [-0.25, -0.2) is 4.79 Å². The number of carbonyl (C=O) groups is 1. The van der Waals surface area contributed by atoms with E-state index in [2.05, 4.69) is 41.1 Å². The molecule has 2 heterocycles. The lowest BCUT2D eigenvalue weighted by Crippen LogP contribution is -2.41. The topological polar surface area (TPSA) is 67.0 Å². The zero-order valence-corrected chi connectivity index (χ0v) is 23.3. The summed E-state index contributed by atoms with van der Waals surface area (Å²) in [5, 5.41) is 1.27. The van der Waals surface area contributed by atoms with Crippen molar-refractivity contribution in [1.82, 2.24) is 14.8 Å². The minimum absolute atomic E-state index is 0.259. The van der Waals surface area contributed by atoms with Gasteiger partial charge in [-0.05, 0) is 101 Å². The van der Waals surface area contributed by atoms with Crippen molar-refractivity contribution in [3.05, 3.63) is 47.5 Å². The van der Waals surface area contributed by atoms with E-state index in [1.807, 2.05) is 40.0 Å². The predicted octanol–water partition coefficient (Wildman–Crippen LogP) is 6.21. The van der Waals surface area contributed by atoms with E-state index in [1.165, 1.54) is 16.5 Å². The Bertz CT molecular complexity index is 1240. The second kappa shape index (κ2) is 11.1. The number of nitrogens with zero attached hydrogens (tertiary/aromatic N) is 2. The van der Waals surface area contributed by atoms with Crippen LogP contribution in [0.2, 0.25) is 0 Å². The molecule has 1 amide bonds. The summed E-state index contributed by atoms with van der Waals surface area (Å²) in [6.07, 6.45) is 1.98. The van der Waals surface area contributed by atoms with E-state index in [9.17, 15) is 4.79 Å². The van der Waals surface area contributed by atoms with Gasteiger partial charge in [0.25, 0.3) is 0 Å². The summed E-state index contributed by atoms with van der Waals surface area (Å²) >= 11 is 0. The molecule has 200 valence electrons. The zero-order valence-electron chi connectivity index (χ0n) is 23.3. The maximum atomic E-state index is 12.2. The largest absolute Gasteiger partial charge is 0.493 e. The van der Waals surface area contributed by atoms with E-state index in [0.717, 1.165) is 60.7 Å². The molecule has 1 saturated heterocycles. The van der Waals surface area contributed by atoms with Crippen molar-refractivity contribution in [3.63, 3.8) is 0 Å². The molecule has 2 aromatic carbocycles. The third-order valence-electron chi connectivity index (χ3n) is 7.27. The van der Waals surface area contributed by atoms with Crippen LogP contribution in [0.25, 0.3) is 22.2 Å². The first kappa shape index (κ1) is 26.9. The molecule has 7 nitrogen and oxygen atoms in total. The van der Waals surface area contributed by atoms with Gasteiger partial charge >= 0.3 is 6.09 Å². The molecule has 1 N–H and O–H groups in total. The molecule has 37 heavy (non-hydrogen) atoms. The number of methoxy groups -OCH3 is 2. The Balaban J connectivity index is 1.40. The van der Waals surface area contributed by atoms with Crippen LogP contribution in [-0.4, -0.2) is 73.9 Å². The van der Waals surface area contributed by atoms with Gasteiger partial charge in [-0.1, -0.05) is 6.07 Å². The van der Waals surface area contributed by atoms with Crippen molar-refractivity contribution >= 4 is 17.0 Å². The fraction of sp³-hybridized carbons (Fsp3) is 0.500. The second-order valence-corrected chi connectivity index (χ2v) is 11.0. The average Bonchev–Trinajstić information content (AvgIpc) is 3.21. The van der Waals surface area contributed by atoms with E-state index >= 15 is 0 Å². The van der Waals surface area contributed by atoms with Crippen molar-refractivity contribution in [1.29, 1.82) is 0 Å². The average molecular weight is 508 g/mol. The maximum absolute atomic E-state index is 12.2. The zero-order chi connectivity index (χ0) is 26.7. The van der Waals surface area contributed by atoms with Gasteiger partial charge in [0.1, 0.15) is 5.60 Å². The van der Waals surface area contributed by atoms with Crippen molar-refractivity contribution in [3.8, 4) is 22.8 Å². The Morgan fingerprint density at radius 3 is 2.41 bits per heavy atom. The number of likely N-dealkylation sites (N-methyl/N-ethyl adjacent to an activating group) is 1. The molecular formula is C30H41N3O4. The van der Waals surface area contributed by atoms with E-state index in [-0.39, 0.29) is 6.09 Å². The summed E-state index contributed by atoms with van der Waals surface area (Å²) < 4.78 is 16.4. The van der Waals surface area contributed by atoms with Gasteiger partial charge in [0, 0.05) is 42.3 Å². The minimum atomic E-state index is -0.467. The highest BCUT2D eigenvalue weighted by Crippen LogP contribution is 2.37. The highest BCUT2D eigenvalue weighted by atomic mass is 16.6. The Labute approximate surface area is 220 Å². The van der Waals surface area contributed by atoms with Gasteiger partial charge in [0.15, 0.2) is 11.5 Å². The number of hydrogen-bond acceptors (Lipinski definition) is 5. The molecule has 3 aromatic rings. The summed E-state index contributed by atoms with van der Waals surface area (Å²) in [5.41, 5.74) is 5.51. The van der Waals surface area contributed by atoms with E-state index in [0.29, 0.717) is 12.5 Å². The number of amides is 1. The second-order valence-electron chi connectivity index (χ2n) is 11.0. The van der Waals surface area contributed by atoms with Gasteiger partial charge < -0.3 is 29.0 Å². The van der Waals surface area contributed by atoms with Crippen LogP contribution in [0.15, 0.2) is 36.4 Å². The number of aryl methyl sites for hydroxylation is 1.